The summed E-state index contributed by atoms with van der Waals surface area (Å²) in [4.78, 5) is 27.8. The molecule has 0 aliphatic heterocycles. The zero-order chi connectivity index (χ0) is 26.5. The first-order valence-corrected chi connectivity index (χ1v) is 13.7. The lowest BCUT2D eigenvalue weighted by Crippen LogP contribution is -2.50. The molecule has 0 aromatic heterocycles. The first-order valence-electron chi connectivity index (χ1n) is 11.4. The van der Waals surface area contributed by atoms with E-state index < -0.39 is 28.5 Å². The molecule has 0 bridgehead atoms. The molecular formula is C27H30BrN3O4S. The number of aryl methyl sites for hydroxylation is 2. The van der Waals surface area contributed by atoms with Crippen LogP contribution in [0.2, 0.25) is 0 Å². The largest absolute Gasteiger partial charge is 0.357 e. The molecule has 0 spiro atoms. The van der Waals surface area contributed by atoms with Gasteiger partial charge in [-0.3, -0.25) is 13.9 Å². The second-order valence-electron chi connectivity index (χ2n) is 8.56. The molecule has 3 aromatic rings. The molecule has 0 fully saturated rings. The lowest BCUT2D eigenvalue weighted by molar-refractivity contribution is -0.139. The fourth-order valence-corrected chi connectivity index (χ4v) is 5.78. The third-order valence-electron chi connectivity index (χ3n) is 5.90. The summed E-state index contributed by atoms with van der Waals surface area (Å²) in [5.74, 6) is -0.839. The summed E-state index contributed by atoms with van der Waals surface area (Å²) >= 11 is 3.44. The SMILES string of the molecule is CNC(=O)[C@H](C)N(Cc1cccc(Br)c1)C(=O)CN(c1cc(C)ccc1C)S(=O)(=O)c1ccccc1. The van der Waals surface area contributed by atoms with E-state index in [1.165, 1.54) is 24.1 Å². The van der Waals surface area contributed by atoms with Crippen molar-refractivity contribution in [2.45, 2.75) is 38.3 Å². The van der Waals surface area contributed by atoms with E-state index in [2.05, 4.69) is 21.2 Å². The summed E-state index contributed by atoms with van der Waals surface area (Å²) in [6.45, 7) is 4.98. The highest BCUT2D eigenvalue weighted by molar-refractivity contribution is 9.10. The lowest BCUT2D eigenvalue weighted by atomic mass is 10.1. The summed E-state index contributed by atoms with van der Waals surface area (Å²) in [5, 5.41) is 2.58. The Hall–Kier alpha value is -3.17. The molecule has 0 radical (unpaired) electrons. The van der Waals surface area contributed by atoms with Gasteiger partial charge in [0.05, 0.1) is 10.6 Å². The highest BCUT2D eigenvalue weighted by atomic mass is 79.9. The Balaban J connectivity index is 2.07. The number of amides is 2. The molecule has 0 saturated heterocycles. The average molecular weight is 573 g/mol. The number of nitrogens with zero attached hydrogens (tertiary/aromatic N) is 2. The smallest absolute Gasteiger partial charge is 0.264 e. The number of likely N-dealkylation sites (N-methyl/N-ethyl adjacent to an activating group) is 1. The van der Waals surface area contributed by atoms with E-state index in [-0.39, 0.29) is 17.3 Å². The van der Waals surface area contributed by atoms with E-state index in [1.807, 2.05) is 43.3 Å². The van der Waals surface area contributed by atoms with Gasteiger partial charge in [0.15, 0.2) is 0 Å². The molecule has 7 nitrogen and oxygen atoms in total. The first-order chi connectivity index (χ1) is 17.0. The number of carbonyl (C=O) groups is 2. The number of hydrogen-bond donors (Lipinski definition) is 1. The molecule has 0 unspecified atom stereocenters. The molecule has 1 N–H and O–H groups in total. The number of anilines is 1. The topological polar surface area (TPSA) is 86.8 Å². The summed E-state index contributed by atoms with van der Waals surface area (Å²) < 4.78 is 29.5. The van der Waals surface area contributed by atoms with Crippen molar-refractivity contribution in [1.82, 2.24) is 10.2 Å². The summed E-state index contributed by atoms with van der Waals surface area (Å²) in [7, 11) is -2.57. The molecule has 0 aliphatic carbocycles. The summed E-state index contributed by atoms with van der Waals surface area (Å²) in [6.07, 6.45) is 0. The third-order valence-corrected chi connectivity index (χ3v) is 8.17. The maximum atomic E-state index is 13.8. The number of sulfonamides is 1. The van der Waals surface area contributed by atoms with Gasteiger partial charge in [0.2, 0.25) is 11.8 Å². The molecule has 0 aliphatic rings. The van der Waals surface area contributed by atoms with Crippen LogP contribution < -0.4 is 9.62 Å². The van der Waals surface area contributed by atoms with E-state index in [0.717, 1.165) is 19.9 Å². The van der Waals surface area contributed by atoms with E-state index >= 15 is 0 Å². The number of hydrogen-bond acceptors (Lipinski definition) is 4. The van der Waals surface area contributed by atoms with Crippen LogP contribution in [0.3, 0.4) is 0 Å². The Bertz CT molecular complexity index is 1350. The van der Waals surface area contributed by atoms with E-state index in [1.54, 1.807) is 38.1 Å². The number of nitrogens with one attached hydrogen (secondary N) is 1. The van der Waals surface area contributed by atoms with Gasteiger partial charge in [-0.15, -0.1) is 0 Å². The minimum Gasteiger partial charge on any atom is -0.357 e. The van der Waals surface area contributed by atoms with E-state index in [0.29, 0.717) is 11.3 Å². The predicted molar refractivity (Wildman–Crippen MR) is 145 cm³/mol. The number of benzene rings is 3. The quantitative estimate of drug-likeness (QED) is 0.411. The highest BCUT2D eigenvalue weighted by Crippen LogP contribution is 2.28. The molecule has 3 aromatic carbocycles. The van der Waals surface area contributed by atoms with Crippen molar-refractivity contribution in [2.24, 2.45) is 0 Å². The van der Waals surface area contributed by atoms with Gasteiger partial charge in [-0.05, 0) is 67.8 Å². The molecule has 0 heterocycles. The van der Waals surface area contributed by atoms with Gasteiger partial charge in [-0.1, -0.05) is 58.4 Å². The molecule has 36 heavy (non-hydrogen) atoms. The Morgan fingerprint density at radius 3 is 2.31 bits per heavy atom. The average Bonchev–Trinajstić information content (AvgIpc) is 2.86. The van der Waals surface area contributed by atoms with Crippen LogP contribution >= 0.6 is 15.9 Å². The molecule has 190 valence electrons. The Labute approximate surface area is 221 Å². The first kappa shape index (κ1) is 27.4. The fraction of sp³-hybridized carbons (Fsp3) is 0.259. The number of halogens is 1. The second kappa shape index (κ2) is 11.7. The maximum absolute atomic E-state index is 13.8. The van der Waals surface area contributed by atoms with Crippen molar-refractivity contribution in [1.29, 1.82) is 0 Å². The van der Waals surface area contributed by atoms with Gasteiger partial charge in [0.25, 0.3) is 10.0 Å². The standard InChI is InChI=1S/C27H30BrN3O4S/c1-19-13-14-20(2)25(15-19)31(36(34,35)24-11-6-5-7-12-24)18-26(32)30(21(3)27(33)29-4)17-22-9-8-10-23(28)16-22/h5-16,21H,17-18H2,1-4H3,(H,29,33)/t21-/m0/s1. The number of carbonyl (C=O) groups excluding carboxylic acids is 2. The second-order valence-corrected chi connectivity index (χ2v) is 11.3. The van der Waals surface area contributed by atoms with Crippen LogP contribution in [0.15, 0.2) is 82.2 Å². The van der Waals surface area contributed by atoms with Crippen molar-refractivity contribution in [3.63, 3.8) is 0 Å². The van der Waals surface area contributed by atoms with Crippen molar-refractivity contribution < 1.29 is 18.0 Å². The highest BCUT2D eigenvalue weighted by Gasteiger charge is 2.32. The van der Waals surface area contributed by atoms with Crippen LogP contribution in [0.25, 0.3) is 0 Å². The molecule has 9 heteroatoms. The zero-order valence-electron chi connectivity index (χ0n) is 20.7. The Morgan fingerprint density at radius 2 is 1.67 bits per heavy atom. The minimum atomic E-state index is -4.08. The van der Waals surface area contributed by atoms with Crippen molar-refractivity contribution >= 4 is 43.5 Å². The number of rotatable bonds is 9. The molecular weight excluding hydrogens is 542 g/mol. The monoisotopic (exact) mass is 571 g/mol. The molecule has 0 saturated carbocycles. The van der Waals surface area contributed by atoms with Crippen LogP contribution in [0.1, 0.15) is 23.6 Å². The van der Waals surface area contributed by atoms with E-state index in [9.17, 15) is 18.0 Å². The maximum Gasteiger partial charge on any atom is 0.264 e. The van der Waals surface area contributed by atoms with E-state index in [4.69, 9.17) is 0 Å². The van der Waals surface area contributed by atoms with Crippen LogP contribution in [-0.2, 0) is 26.2 Å². The van der Waals surface area contributed by atoms with Crippen molar-refractivity contribution in [3.05, 3.63) is 94.0 Å². The van der Waals surface area contributed by atoms with Crippen molar-refractivity contribution in [3.8, 4) is 0 Å². The van der Waals surface area contributed by atoms with Gasteiger partial charge < -0.3 is 10.2 Å². The van der Waals surface area contributed by atoms with Gasteiger partial charge >= 0.3 is 0 Å². The van der Waals surface area contributed by atoms with Gasteiger partial charge in [-0.25, -0.2) is 8.42 Å². The third kappa shape index (κ3) is 6.33. The van der Waals surface area contributed by atoms with Gasteiger partial charge in [-0.2, -0.15) is 0 Å². The summed E-state index contributed by atoms with van der Waals surface area (Å²) in [6, 6.07) is 20.1. The Morgan fingerprint density at radius 1 is 0.972 bits per heavy atom. The summed E-state index contributed by atoms with van der Waals surface area (Å²) in [5.41, 5.74) is 2.80. The van der Waals surface area contributed by atoms with Gasteiger partial charge in [0, 0.05) is 18.1 Å². The lowest BCUT2D eigenvalue weighted by Gasteiger charge is -2.32. The van der Waals surface area contributed by atoms with Crippen LogP contribution in [0.5, 0.6) is 0 Å². The molecule has 1 atom stereocenters. The van der Waals surface area contributed by atoms with Crippen molar-refractivity contribution in [2.75, 3.05) is 17.9 Å². The van der Waals surface area contributed by atoms with Crippen LogP contribution in [-0.4, -0.2) is 44.8 Å². The van der Waals surface area contributed by atoms with Gasteiger partial charge in [0.1, 0.15) is 12.6 Å². The molecule has 2 amide bonds. The predicted octanol–water partition coefficient (Wildman–Crippen LogP) is 4.42. The fourth-order valence-electron chi connectivity index (χ4n) is 3.84. The zero-order valence-corrected chi connectivity index (χ0v) is 23.1. The minimum absolute atomic E-state index is 0.0802. The van der Waals surface area contributed by atoms with Crippen LogP contribution in [0, 0.1) is 13.8 Å². The molecule has 3 rings (SSSR count). The normalized spacial score (nSPS) is 12.0. The Kier molecular flexibility index (Phi) is 8.92. The van der Waals surface area contributed by atoms with Crippen LogP contribution in [0.4, 0.5) is 5.69 Å².